The fourth-order valence-corrected chi connectivity index (χ4v) is 7.17. The summed E-state index contributed by atoms with van der Waals surface area (Å²) in [7, 11) is -3.50. The molecule has 1 unspecified atom stereocenters. The number of fused-ring (bicyclic) bond motifs is 2. The molecule has 3 aliphatic carbocycles. The third-order valence-corrected chi connectivity index (χ3v) is 8.26. The first kappa shape index (κ1) is 16.4. The van der Waals surface area contributed by atoms with E-state index in [-0.39, 0.29) is 29.0 Å². The van der Waals surface area contributed by atoms with Crippen LogP contribution >= 0.6 is 0 Å². The van der Waals surface area contributed by atoms with Crippen LogP contribution in [0.1, 0.15) is 58.8 Å². The second-order valence-electron chi connectivity index (χ2n) is 8.10. The molecule has 0 heterocycles. The summed E-state index contributed by atoms with van der Waals surface area (Å²) in [6, 6.07) is -0.281. The average Bonchev–Trinajstić information content (AvgIpc) is 2.74. The zero-order valence-corrected chi connectivity index (χ0v) is 14.4. The van der Waals surface area contributed by atoms with Crippen molar-refractivity contribution >= 4 is 15.8 Å². The number of nitrogens with one attached hydrogen (secondary N) is 1. The molecule has 5 nitrogen and oxygen atoms in total. The Hall–Kier alpha value is -0.460. The highest BCUT2D eigenvalue weighted by Crippen LogP contribution is 2.64. The summed E-state index contributed by atoms with van der Waals surface area (Å²) in [4.78, 5) is 12.5. The lowest BCUT2D eigenvalue weighted by Gasteiger charge is -2.37. The highest BCUT2D eigenvalue weighted by Gasteiger charge is 2.65. The minimum Gasteiger partial charge on any atom is -0.326 e. The SMILES string of the molecule is CC1(C)C2CC[C@@]1(CS(=O)(=O)N[C@H]1CCCC[C@@H]1N)C(=O)C2. The van der Waals surface area contributed by atoms with Gasteiger partial charge in [-0.2, -0.15) is 0 Å². The number of carbonyl (C=O) groups excluding carboxylic acids is 1. The van der Waals surface area contributed by atoms with Gasteiger partial charge >= 0.3 is 0 Å². The van der Waals surface area contributed by atoms with Gasteiger partial charge in [-0.25, -0.2) is 13.1 Å². The molecule has 0 radical (unpaired) electrons. The third kappa shape index (κ3) is 2.43. The number of ketones is 1. The molecule has 3 saturated carbocycles. The maximum absolute atomic E-state index is 12.7. The van der Waals surface area contributed by atoms with Crippen molar-refractivity contribution in [2.45, 2.75) is 70.9 Å². The lowest BCUT2D eigenvalue weighted by Crippen LogP contribution is -2.53. The van der Waals surface area contributed by atoms with Crippen molar-refractivity contribution in [1.29, 1.82) is 0 Å². The second kappa shape index (κ2) is 5.28. The summed E-state index contributed by atoms with van der Waals surface area (Å²) in [5, 5.41) is 0. The standard InChI is InChI=1S/C16H28N2O3S/c1-15(2)11-7-8-16(15,14(19)9-11)10-22(20,21)18-13-6-4-3-5-12(13)17/h11-13,18H,3-10,17H2,1-2H3/t11?,12-,13-,16+/m0/s1. The van der Waals surface area contributed by atoms with Crippen LogP contribution in [0.25, 0.3) is 0 Å². The Kier molecular flexibility index (Phi) is 3.94. The Bertz CT molecular complexity index is 572. The molecule has 0 aromatic carbocycles. The molecule has 0 spiro atoms. The van der Waals surface area contributed by atoms with Crippen LogP contribution in [0.2, 0.25) is 0 Å². The number of rotatable bonds is 4. The molecule has 3 N–H and O–H groups in total. The molecule has 0 aromatic rings. The lowest BCUT2D eigenvalue weighted by atomic mass is 9.70. The molecule has 0 amide bonds. The minimum absolute atomic E-state index is 0.0639. The number of Topliss-reactive ketones (excluding diaryl/α,β-unsaturated/α-hetero) is 1. The molecule has 3 fully saturated rings. The van der Waals surface area contributed by atoms with Gasteiger partial charge in [0.2, 0.25) is 10.0 Å². The van der Waals surface area contributed by atoms with Crippen LogP contribution in [0, 0.1) is 16.7 Å². The quantitative estimate of drug-likeness (QED) is 0.820. The van der Waals surface area contributed by atoms with Gasteiger partial charge in [-0.15, -0.1) is 0 Å². The maximum Gasteiger partial charge on any atom is 0.212 e. The van der Waals surface area contributed by atoms with Gasteiger partial charge in [0.05, 0.1) is 5.75 Å². The number of hydrogen-bond acceptors (Lipinski definition) is 4. The van der Waals surface area contributed by atoms with Crippen molar-refractivity contribution in [2.24, 2.45) is 22.5 Å². The van der Waals surface area contributed by atoms with Crippen LogP contribution in [0.5, 0.6) is 0 Å². The van der Waals surface area contributed by atoms with Crippen LogP contribution in [0.15, 0.2) is 0 Å². The van der Waals surface area contributed by atoms with Gasteiger partial charge in [-0.05, 0) is 37.0 Å². The van der Waals surface area contributed by atoms with E-state index in [1.807, 2.05) is 0 Å². The number of carbonyl (C=O) groups is 1. The largest absolute Gasteiger partial charge is 0.326 e. The highest BCUT2D eigenvalue weighted by atomic mass is 32.2. The van der Waals surface area contributed by atoms with Crippen LogP contribution in [0.4, 0.5) is 0 Å². The molecule has 0 aliphatic heterocycles. The second-order valence-corrected chi connectivity index (χ2v) is 9.85. The first-order valence-electron chi connectivity index (χ1n) is 8.47. The summed E-state index contributed by atoms with van der Waals surface area (Å²) >= 11 is 0. The third-order valence-electron chi connectivity index (χ3n) is 6.73. The van der Waals surface area contributed by atoms with E-state index in [4.69, 9.17) is 5.73 Å². The monoisotopic (exact) mass is 328 g/mol. The number of sulfonamides is 1. The Morgan fingerprint density at radius 2 is 1.91 bits per heavy atom. The van der Waals surface area contributed by atoms with Crippen molar-refractivity contribution in [3.05, 3.63) is 0 Å². The molecule has 2 bridgehead atoms. The predicted molar refractivity (Wildman–Crippen MR) is 85.7 cm³/mol. The average molecular weight is 328 g/mol. The van der Waals surface area contributed by atoms with E-state index in [1.54, 1.807) is 0 Å². The molecule has 6 heteroatoms. The van der Waals surface area contributed by atoms with Gasteiger partial charge < -0.3 is 5.73 Å². The maximum atomic E-state index is 12.7. The van der Waals surface area contributed by atoms with Gasteiger partial charge in [0.25, 0.3) is 0 Å². The van der Waals surface area contributed by atoms with Crippen molar-refractivity contribution in [2.75, 3.05) is 5.75 Å². The van der Waals surface area contributed by atoms with E-state index >= 15 is 0 Å². The molecule has 0 aromatic heterocycles. The molecular formula is C16H28N2O3S. The molecule has 22 heavy (non-hydrogen) atoms. The van der Waals surface area contributed by atoms with Gasteiger partial charge in [-0.3, -0.25) is 4.79 Å². The van der Waals surface area contributed by atoms with Gasteiger partial charge in [0, 0.05) is 23.9 Å². The van der Waals surface area contributed by atoms with Crippen LogP contribution in [-0.4, -0.2) is 32.0 Å². The summed E-state index contributed by atoms with van der Waals surface area (Å²) in [5.41, 5.74) is 5.15. The molecule has 0 saturated heterocycles. The van der Waals surface area contributed by atoms with E-state index in [0.29, 0.717) is 18.8 Å². The van der Waals surface area contributed by atoms with Gasteiger partial charge in [-0.1, -0.05) is 26.7 Å². The Labute approximate surface area is 133 Å². The van der Waals surface area contributed by atoms with E-state index in [2.05, 4.69) is 18.6 Å². The first-order chi connectivity index (χ1) is 10.2. The van der Waals surface area contributed by atoms with Crippen molar-refractivity contribution in [1.82, 2.24) is 4.72 Å². The highest BCUT2D eigenvalue weighted by molar-refractivity contribution is 7.89. The number of nitrogens with two attached hydrogens (primary N) is 1. The fraction of sp³-hybridized carbons (Fsp3) is 0.938. The van der Waals surface area contributed by atoms with E-state index in [1.165, 1.54) is 0 Å². The van der Waals surface area contributed by atoms with E-state index in [9.17, 15) is 13.2 Å². The number of hydrogen-bond donors (Lipinski definition) is 2. The lowest BCUT2D eigenvalue weighted by molar-refractivity contribution is -0.128. The van der Waals surface area contributed by atoms with E-state index in [0.717, 1.165) is 32.1 Å². The van der Waals surface area contributed by atoms with Crippen molar-refractivity contribution in [3.8, 4) is 0 Å². The molecule has 4 atom stereocenters. The van der Waals surface area contributed by atoms with Crippen molar-refractivity contribution in [3.63, 3.8) is 0 Å². The zero-order chi connectivity index (χ0) is 16.2. The summed E-state index contributed by atoms with van der Waals surface area (Å²) in [6.07, 6.45) is 5.97. The Morgan fingerprint density at radius 1 is 1.23 bits per heavy atom. The summed E-state index contributed by atoms with van der Waals surface area (Å²) in [6.45, 7) is 4.13. The smallest absolute Gasteiger partial charge is 0.212 e. The molecule has 3 rings (SSSR count). The summed E-state index contributed by atoms with van der Waals surface area (Å²) < 4.78 is 28.2. The zero-order valence-electron chi connectivity index (χ0n) is 13.6. The predicted octanol–water partition coefficient (Wildman–Crippen LogP) is 1.57. The normalized spacial score (nSPS) is 41.0. The van der Waals surface area contributed by atoms with E-state index < -0.39 is 15.4 Å². The first-order valence-corrected chi connectivity index (χ1v) is 10.1. The molecular weight excluding hydrogens is 300 g/mol. The molecule has 3 aliphatic rings. The van der Waals surface area contributed by atoms with Crippen LogP contribution < -0.4 is 10.5 Å². The van der Waals surface area contributed by atoms with Crippen LogP contribution in [0.3, 0.4) is 0 Å². The minimum atomic E-state index is -3.50. The topological polar surface area (TPSA) is 89.3 Å². The molecule has 126 valence electrons. The fourth-order valence-electron chi connectivity index (χ4n) is 5.01. The van der Waals surface area contributed by atoms with Gasteiger partial charge in [0.15, 0.2) is 0 Å². The Balaban J connectivity index is 1.78. The van der Waals surface area contributed by atoms with Crippen LogP contribution in [-0.2, 0) is 14.8 Å². The summed E-state index contributed by atoms with van der Waals surface area (Å²) in [5.74, 6) is 0.421. The Morgan fingerprint density at radius 3 is 2.45 bits per heavy atom. The van der Waals surface area contributed by atoms with Crippen molar-refractivity contribution < 1.29 is 13.2 Å². The van der Waals surface area contributed by atoms with Gasteiger partial charge in [0.1, 0.15) is 5.78 Å².